The number of benzene rings is 1. The lowest BCUT2D eigenvalue weighted by Crippen LogP contribution is -3.05. The first-order valence-electron chi connectivity index (χ1n) is 6.47. The molecule has 5 nitrogen and oxygen atoms in total. The second kappa shape index (κ2) is 7.47. The molecule has 0 bridgehead atoms. The van der Waals surface area contributed by atoms with Gasteiger partial charge in [-0.3, -0.25) is 0 Å². The van der Waals surface area contributed by atoms with E-state index in [1.165, 1.54) is 4.90 Å². The molecule has 2 N–H and O–H groups in total. The van der Waals surface area contributed by atoms with Gasteiger partial charge in [0.2, 0.25) is 10.0 Å². The zero-order valence-corrected chi connectivity index (χ0v) is 12.6. The molecule has 0 heterocycles. The molecule has 19 heavy (non-hydrogen) atoms. The molecule has 0 saturated carbocycles. The first-order valence-corrected chi connectivity index (χ1v) is 7.95. The van der Waals surface area contributed by atoms with Gasteiger partial charge >= 0.3 is 0 Å². The second-order valence-electron chi connectivity index (χ2n) is 4.61. The first-order chi connectivity index (χ1) is 8.95. The molecule has 0 spiro atoms. The largest absolute Gasteiger partial charge is 0.494 e. The van der Waals surface area contributed by atoms with Crippen LogP contribution in [0, 0.1) is 0 Å². The highest BCUT2D eigenvalue weighted by molar-refractivity contribution is 7.89. The summed E-state index contributed by atoms with van der Waals surface area (Å²) in [6.45, 7) is 3.85. The van der Waals surface area contributed by atoms with Crippen molar-refractivity contribution < 1.29 is 18.1 Å². The normalized spacial score (nSPS) is 11.8. The van der Waals surface area contributed by atoms with Crippen molar-refractivity contribution in [1.29, 1.82) is 0 Å². The predicted molar refractivity (Wildman–Crippen MR) is 75.1 cm³/mol. The lowest BCUT2D eigenvalue weighted by atomic mass is 10.3. The summed E-state index contributed by atoms with van der Waals surface area (Å²) in [5, 5.41) is 0. The molecule has 0 saturated heterocycles. The predicted octanol–water partition coefficient (Wildman–Crippen LogP) is -0.102. The topological polar surface area (TPSA) is 59.8 Å². The molecular weight excluding hydrogens is 264 g/mol. The molecule has 1 rings (SSSR count). The smallest absolute Gasteiger partial charge is 0.240 e. The van der Waals surface area contributed by atoms with Crippen molar-refractivity contribution >= 4 is 10.0 Å². The van der Waals surface area contributed by atoms with Crippen LogP contribution in [-0.4, -0.2) is 42.2 Å². The molecule has 6 heteroatoms. The number of quaternary nitrogens is 1. The SMILES string of the molecule is CCOc1ccc(S(=O)(=O)NCCC[NH+](C)C)cc1. The van der Waals surface area contributed by atoms with Crippen molar-refractivity contribution in [3.05, 3.63) is 24.3 Å². The molecule has 0 radical (unpaired) electrons. The first kappa shape index (κ1) is 15.9. The van der Waals surface area contributed by atoms with Gasteiger partial charge in [-0.2, -0.15) is 0 Å². The molecular formula is C13H23N2O3S+. The Hall–Kier alpha value is -1.11. The van der Waals surface area contributed by atoms with E-state index < -0.39 is 10.0 Å². The lowest BCUT2D eigenvalue weighted by molar-refractivity contribution is -0.858. The van der Waals surface area contributed by atoms with Gasteiger partial charge < -0.3 is 9.64 Å². The Morgan fingerprint density at radius 2 is 1.84 bits per heavy atom. The minimum atomic E-state index is -3.40. The fraction of sp³-hybridized carbons (Fsp3) is 0.538. The van der Waals surface area contributed by atoms with Crippen molar-refractivity contribution in [3.63, 3.8) is 0 Å². The van der Waals surface area contributed by atoms with Crippen LogP contribution in [0.4, 0.5) is 0 Å². The van der Waals surface area contributed by atoms with Gasteiger partial charge in [0.05, 0.1) is 32.1 Å². The standard InChI is InChI=1S/C13H22N2O3S/c1-4-18-12-6-8-13(9-7-12)19(16,17)14-10-5-11-15(2)3/h6-9,14H,4-5,10-11H2,1-3H3/p+1. The summed E-state index contributed by atoms with van der Waals surface area (Å²) in [7, 11) is 0.680. The Kier molecular flexibility index (Phi) is 6.27. The van der Waals surface area contributed by atoms with Gasteiger partial charge in [-0.15, -0.1) is 0 Å². The number of hydrogen-bond donors (Lipinski definition) is 2. The third-order valence-electron chi connectivity index (χ3n) is 2.59. The van der Waals surface area contributed by atoms with Crippen LogP contribution in [-0.2, 0) is 10.0 Å². The molecule has 0 aliphatic heterocycles. The van der Waals surface area contributed by atoms with E-state index in [2.05, 4.69) is 4.72 Å². The summed E-state index contributed by atoms with van der Waals surface area (Å²) in [4.78, 5) is 1.58. The van der Waals surface area contributed by atoms with E-state index in [0.29, 0.717) is 18.9 Å². The van der Waals surface area contributed by atoms with Crippen LogP contribution < -0.4 is 14.4 Å². The molecule has 0 fully saturated rings. The van der Waals surface area contributed by atoms with Crippen LogP contribution >= 0.6 is 0 Å². The fourth-order valence-corrected chi connectivity index (χ4v) is 2.69. The Balaban J connectivity index is 2.56. The van der Waals surface area contributed by atoms with Crippen LogP contribution in [0.5, 0.6) is 5.75 Å². The van der Waals surface area contributed by atoms with Gasteiger partial charge in [0, 0.05) is 13.0 Å². The Morgan fingerprint density at radius 1 is 1.21 bits per heavy atom. The summed E-state index contributed by atoms with van der Waals surface area (Å²) in [5.41, 5.74) is 0. The number of nitrogens with one attached hydrogen (secondary N) is 2. The van der Waals surface area contributed by atoms with Crippen molar-refractivity contribution in [2.75, 3.05) is 33.8 Å². The highest BCUT2D eigenvalue weighted by Crippen LogP contribution is 2.15. The van der Waals surface area contributed by atoms with Crippen LogP contribution in [0.25, 0.3) is 0 Å². The maximum atomic E-state index is 12.0. The second-order valence-corrected chi connectivity index (χ2v) is 6.38. The Morgan fingerprint density at radius 3 is 2.37 bits per heavy atom. The third kappa shape index (κ3) is 5.59. The van der Waals surface area contributed by atoms with Gasteiger partial charge in [0.25, 0.3) is 0 Å². The van der Waals surface area contributed by atoms with Crippen LogP contribution in [0.1, 0.15) is 13.3 Å². The number of hydrogen-bond acceptors (Lipinski definition) is 3. The van der Waals surface area contributed by atoms with Crippen molar-refractivity contribution in [3.8, 4) is 5.75 Å². The minimum absolute atomic E-state index is 0.271. The van der Waals surface area contributed by atoms with E-state index in [0.717, 1.165) is 13.0 Å². The van der Waals surface area contributed by atoms with Crippen molar-refractivity contribution in [2.24, 2.45) is 0 Å². The van der Waals surface area contributed by atoms with Gasteiger partial charge in [-0.25, -0.2) is 13.1 Å². The van der Waals surface area contributed by atoms with E-state index in [9.17, 15) is 8.42 Å². The van der Waals surface area contributed by atoms with Crippen LogP contribution in [0.15, 0.2) is 29.2 Å². The monoisotopic (exact) mass is 287 g/mol. The molecule has 0 aromatic heterocycles. The molecule has 1 aromatic carbocycles. The lowest BCUT2D eigenvalue weighted by Gasteiger charge is -2.09. The third-order valence-corrected chi connectivity index (χ3v) is 4.07. The molecule has 0 aliphatic carbocycles. The van der Waals surface area contributed by atoms with E-state index >= 15 is 0 Å². The summed E-state index contributed by atoms with van der Waals surface area (Å²) in [6.07, 6.45) is 0.818. The summed E-state index contributed by atoms with van der Waals surface area (Å²) < 4.78 is 31.9. The number of ether oxygens (including phenoxy) is 1. The molecule has 0 unspecified atom stereocenters. The van der Waals surface area contributed by atoms with Crippen molar-refractivity contribution in [2.45, 2.75) is 18.2 Å². The average Bonchev–Trinajstić information content (AvgIpc) is 2.36. The zero-order valence-electron chi connectivity index (χ0n) is 11.8. The molecule has 0 amide bonds. The van der Waals surface area contributed by atoms with E-state index in [1.54, 1.807) is 24.3 Å². The van der Waals surface area contributed by atoms with E-state index in [4.69, 9.17) is 4.74 Å². The zero-order chi connectivity index (χ0) is 14.3. The van der Waals surface area contributed by atoms with E-state index in [-0.39, 0.29) is 4.90 Å². The van der Waals surface area contributed by atoms with Gasteiger partial charge in [-0.1, -0.05) is 0 Å². The van der Waals surface area contributed by atoms with Gasteiger partial charge in [0.1, 0.15) is 5.75 Å². The summed E-state index contributed by atoms with van der Waals surface area (Å²) in [6, 6.07) is 6.46. The highest BCUT2D eigenvalue weighted by atomic mass is 32.2. The Labute approximate surface area is 115 Å². The summed E-state index contributed by atoms with van der Waals surface area (Å²) in [5.74, 6) is 0.678. The van der Waals surface area contributed by atoms with Crippen LogP contribution in [0.3, 0.4) is 0 Å². The minimum Gasteiger partial charge on any atom is -0.494 e. The summed E-state index contributed by atoms with van der Waals surface area (Å²) >= 11 is 0. The fourth-order valence-electron chi connectivity index (χ4n) is 1.61. The highest BCUT2D eigenvalue weighted by Gasteiger charge is 2.13. The van der Waals surface area contributed by atoms with E-state index in [1.807, 2.05) is 21.0 Å². The molecule has 108 valence electrons. The average molecular weight is 287 g/mol. The maximum Gasteiger partial charge on any atom is 0.240 e. The number of rotatable bonds is 8. The van der Waals surface area contributed by atoms with Gasteiger partial charge in [0.15, 0.2) is 0 Å². The molecule has 0 aliphatic rings. The van der Waals surface area contributed by atoms with Crippen molar-refractivity contribution in [1.82, 2.24) is 4.72 Å². The number of sulfonamides is 1. The van der Waals surface area contributed by atoms with Crippen LogP contribution in [0.2, 0.25) is 0 Å². The molecule has 0 atom stereocenters. The molecule has 1 aromatic rings. The quantitative estimate of drug-likeness (QED) is 0.656. The van der Waals surface area contributed by atoms with Gasteiger partial charge in [-0.05, 0) is 31.2 Å². The maximum absolute atomic E-state index is 12.0. The Bertz CT molecular complexity index is 469.